The minimum atomic E-state index is -3.69. The molecule has 0 amide bonds. The van der Waals surface area contributed by atoms with Gasteiger partial charge in [-0.1, -0.05) is 53.7 Å². The molecule has 4 rings (SSSR count). The van der Waals surface area contributed by atoms with Crippen LogP contribution in [0.2, 0.25) is 5.02 Å². The highest BCUT2D eigenvalue weighted by molar-refractivity contribution is 7.99. The summed E-state index contributed by atoms with van der Waals surface area (Å²) < 4.78 is 26.8. The number of anilines is 1. The van der Waals surface area contributed by atoms with Gasteiger partial charge < -0.3 is 0 Å². The molecular weight excluding hydrogens is 402 g/mol. The van der Waals surface area contributed by atoms with Gasteiger partial charge >= 0.3 is 0 Å². The summed E-state index contributed by atoms with van der Waals surface area (Å²) in [6.07, 6.45) is 2.29. The Morgan fingerprint density at radius 3 is 2.70 bits per heavy atom. The zero-order valence-electron chi connectivity index (χ0n) is 14.5. The molecule has 0 spiro atoms. The second-order valence-electron chi connectivity index (χ2n) is 6.08. The van der Waals surface area contributed by atoms with E-state index >= 15 is 0 Å². The second-order valence-corrected chi connectivity index (χ2v) is 9.52. The Balaban J connectivity index is 1.66. The summed E-state index contributed by atoms with van der Waals surface area (Å²) in [5.41, 5.74) is 2.93. The highest BCUT2D eigenvalue weighted by Gasteiger charge is 2.34. The number of benzene rings is 2. The molecule has 0 saturated carbocycles. The minimum absolute atomic E-state index is 0.118. The third kappa shape index (κ3) is 3.42. The van der Waals surface area contributed by atoms with E-state index in [0.717, 1.165) is 17.7 Å². The van der Waals surface area contributed by atoms with Gasteiger partial charge in [0.2, 0.25) is 0 Å². The van der Waals surface area contributed by atoms with Crippen LogP contribution in [0.25, 0.3) is 11.3 Å². The van der Waals surface area contributed by atoms with Crippen molar-refractivity contribution in [1.82, 2.24) is 9.97 Å². The molecule has 1 aliphatic rings. The fourth-order valence-corrected chi connectivity index (χ4v) is 5.21. The number of aryl methyl sites for hydroxylation is 1. The molecule has 0 bridgehead atoms. The van der Waals surface area contributed by atoms with E-state index in [1.807, 2.05) is 18.2 Å². The summed E-state index contributed by atoms with van der Waals surface area (Å²) in [5.74, 6) is 0.808. The zero-order chi connectivity index (χ0) is 19.0. The van der Waals surface area contributed by atoms with Crippen molar-refractivity contribution in [2.75, 3.05) is 17.1 Å². The highest BCUT2D eigenvalue weighted by Crippen LogP contribution is 2.42. The van der Waals surface area contributed by atoms with Crippen LogP contribution in [-0.2, 0) is 16.4 Å². The molecule has 0 N–H and O–H groups in total. The number of nitrogens with zero attached hydrogens (tertiary/aromatic N) is 3. The lowest BCUT2D eigenvalue weighted by Crippen LogP contribution is -2.31. The van der Waals surface area contributed by atoms with Crippen molar-refractivity contribution in [3.05, 3.63) is 65.3 Å². The highest BCUT2D eigenvalue weighted by atomic mass is 35.5. The van der Waals surface area contributed by atoms with Crippen molar-refractivity contribution < 1.29 is 8.42 Å². The molecule has 1 aromatic heterocycles. The van der Waals surface area contributed by atoms with Gasteiger partial charge in [-0.2, -0.15) is 0 Å². The number of thioether (sulfide) groups is 1. The average Bonchev–Trinajstić information content (AvgIpc) is 2.67. The number of sulfonamides is 1. The molecule has 5 nitrogen and oxygen atoms in total. The number of hydrogen-bond donors (Lipinski definition) is 0. The fourth-order valence-electron chi connectivity index (χ4n) is 2.95. The maximum absolute atomic E-state index is 12.8. The molecule has 2 heterocycles. The maximum Gasteiger partial charge on any atom is 0.267 e. The van der Waals surface area contributed by atoms with Crippen molar-refractivity contribution in [2.24, 2.45) is 0 Å². The molecule has 1 aliphatic heterocycles. The van der Waals surface area contributed by atoms with E-state index in [2.05, 4.69) is 22.1 Å². The maximum atomic E-state index is 12.8. The Bertz CT molecular complexity index is 1110. The largest absolute Gasteiger partial charge is 0.269 e. The van der Waals surface area contributed by atoms with Crippen molar-refractivity contribution >= 4 is 39.1 Å². The van der Waals surface area contributed by atoms with Crippen molar-refractivity contribution in [3.8, 4) is 11.3 Å². The molecule has 0 unspecified atom stereocenters. The molecule has 27 heavy (non-hydrogen) atoms. The van der Waals surface area contributed by atoms with E-state index < -0.39 is 10.0 Å². The molecule has 0 fully saturated rings. The van der Waals surface area contributed by atoms with Gasteiger partial charge in [0.05, 0.1) is 17.6 Å². The van der Waals surface area contributed by atoms with Gasteiger partial charge in [0.25, 0.3) is 10.0 Å². The first kappa shape index (κ1) is 18.3. The molecule has 0 aliphatic carbocycles. The summed E-state index contributed by atoms with van der Waals surface area (Å²) in [7, 11) is -2.18. The number of halogens is 1. The standard InChI is InChI=1S/C19H16ClN3O2S2/c1-23-16-11-14(20)7-8-15(16)18-17(27(23,24)25)12-21-19(22-18)26-10-9-13-5-3-2-4-6-13/h2-8,11-12H,9-10H2,1H3. The first-order valence-electron chi connectivity index (χ1n) is 8.29. The molecule has 3 aromatic rings. The van der Waals surface area contributed by atoms with Gasteiger partial charge in [-0.25, -0.2) is 18.4 Å². The Hall–Kier alpha value is -2.09. The predicted molar refractivity (Wildman–Crippen MR) is 109 cm³/mol. The molecule has 0 atom stereocenters. The zero-order valence-corrected chi connectivity index (χ0v) is 16.9. The number of fused-ring (bicyclic) bond motifs is 3. The summed E-state index contributed by atoms with van der Waals surface area (Å²) in [5, 5.41) is 1.04. The lowest BCUT2D eigenvalue weighted by Gasteiger charge is -2.28. The quantitative estimate of drug-likeness (QED) is 0.468. The van der Waals surface area contributed by atoms with E-state index in [-0.39, 0.29) is 4.90 Å². The van der Waals surface area contributed by atoms with Crippen LogP contribution in [0.3, 0.4) is 0 Å². The third-order valence-corrected chi connectivity index (χ3v) is 7.26. The van der Waals surface area contributed by atoms with E-state index in [1.54, 1.807) is 18.2 Å². The van der Waals surface area contributed by atoms with E-state index in [4.69, 9.17) is 11.6 Å². The van der Waals surface area contributed by atoms with Crippen LogP contribution >= 0.6 is 23.4 Å². The van der Waals surface area contributed by atoms with Crippen LogP contribution in [0.5, 0.6) is 0 Å². The smallest absolute Gasteiger partial charge is 0.267 e. The van der Waals surface area contributed by atoms with Crippen LogP contribution in [0.4, 0.5) is 5.69 Å². The van der Waals surface area contributed by atoms with Gasteiger partial charge in [0.1, 0.15) is 4.90 Å². The van der Waals surface area contributed by atoms with Gasteiger partial charge in [-0.15, -0.1) is 0 Å². The average molecular weight is 418 g/mol. The van der Waals surface area contributed by atoms with Crippen LogP contribution in [0, 0.1) is 0 Å². The van der Waals surface area contributed by atoms with Crippen LogP contribution in [0.1, 0.15) is 5.56 Å². The SMILES string of the molecule is CN1c2cc(Cl)ccc2-c2nc(SCCc3ccccc3)ncc2S1(=O)=O. The van der Waals surface area contributed by atoms with E-state index in [9.17, 15) is 8.42 Å². The number of hydrogen-bond acceptors (Lipinski definition) is 5. The van der Waals surface area contributed by atoms with Gasteiger partial charge in [-0.05, 0) is 30.2 Å². The fraction of sp³-hybridized carbons (Fsp3) is 0.158. The molecule has 0 radical (unpaired) electrons. The van der Waals surface area contributed by atoms with Crippen LogP contribution in [0.15, 0.2) is 64.8 Å². The minimum Gasteiger partial charge on any atom is -0.269 e. The summed E-state index contributed by atoms with van der Waals surface area (Å²) in [4.78, 5) is 8.93. The van der Waals surface area contributed by atoms with Crippen molar-refractivity contribution in [2.45, 2.75) is 16.5 Å². The first-order valence-corrected chi connectivity index (χ1v) is 11.1. The second kappa shape index (κ2) is 7.14. The first-order chi connectivity index (χ1) is 13.0. The number of aromatic nitrogens is 2. The van der Waals surface area contributed by atoms with Crippen molar-refractivity contribution in [1.29, 1.82) is 0 Å². The van der Waals surface area contributed by atoms with E-state index in [0.29, 0.717) is 21.6 Å². The third-order valence-electron chi connectivity index (χ3n) is 4.39. The lowest BCUT2D eigenvalue weighted by atomic mass is 10.1. The molecule has 8 heteroatoms. The van der Waals surface area contributed by atoms with Crippen molar-refractivity contribution in [3.63, 3.8) is 0 Å². The molecule has 0 saturated heterocycles. The monoisotopic (exact) mass is 417 g/mol. The summed E-state index contributed by atoms with van der Waals surface area (Å²) >= 11 is 7.57. The molecule has 2 aromatic carbocycles. The summed E-state index contributed by atoms with van der Waals surface area (Å²) in [6.45, 7) is 0. The molecule has 138 valence electrons. The lowest BCUT2D eigenvalue weighted by molar-refractivity contribution is 0.592. The van der Waals surface area contributed by atoms with Crippen LogP contribution in [-0.4, -0.2) is 31.2 Å². The Labute approximate surface area is 167 Å². The number of rotatable bonds is 4. The molecular formula is C19H16ClN3O2S2. The topological polar surface area (TPSA) is 63.2 Å². The predicted octanol–water partition coefficient (Wildman–Crippen LogP) is 4.27. The van der Waals surface area contributed by atoms with Gasteiger partial charge in [-0.3, -0.25) is 4.31 Å². The van der Waals surface area contributed by atoms with E-state index in [1.165, 1.54) is 34.9 Å². The Morgan fingerprint density at radius 2 is 1.93 bits per heavy atom. The summed E-state index contributed by atoms with van der Waals surface area (Å²) in [6, 6.07) is 15.4. The van der Waals surface area contributed by atoms with Gasteiger partial charge in [0.15, 0.2) is 5.16 Å². The normalized spacial score (nSPS) is 14.5. The van der Waals surface area contributed by atoms with Crippen LogP contribution < -0.4 is 4.31 Å². The Morgan fingerprint density at radius 1 is 1.15 bits per heavy atom. The Kier molecular flexibility index (Phi) is 4.84. The van der Waals surface area contributed by atoms with Gasteiger partial charge in [0, 0.05) is 23.4 Å².